The normalized spacial score (nSPS) is 19.3. The molecule has 8 heteroatoms. The van der Waals surface area contributed by atoms with Crippen LogP contribution in [0.2, 0.25) is 0 Å². The van der Waals surface area contributed by atoms with Crippen LogP contribution in [0.15, 0.2) is 42.5 Å². The Kier molecular flexibility index (Phi) is 4.80. The molecule has 0 aliphatic carbocycles. The van der Waals surface area contributed by atoms with Crippen molar-refractivity contribution in [2.45, 2.75) is 19.1 Å². The van der Waals surface area contributed by atoms with Crippen molar-refractivity contribution >= 4 is 23.0 Å². The first-order valence-electron chi connectivity index (χ1n) is 9.34. The number of methoxy groups -OCH3 is 1. The molecule has 0 amide bonds. The summed E-state index contributed by atoms with van der Waals surface area (Å²) in [6.07, 6.45) is -4.42. The van der Waals surface area contributed by atoms with E-state index in [0.29, 0.717) is 18.8 Å². The van der Waals surface area contributed by atoms with E-state index >= 15 is 0 Å². The van der Waals surface area contributed by atoms with Crippen molar-refractivity contribution in [3.63, 3.8) is 0 Å². The number of halogens is 3. The fourth-order valence-electron chi connectivity index (χ4n) is 3.77. The maximum absolute atomic E-state index is 13.0. The van der Waals surface area contributed by atoms with Gasteiger partial charge in [0.2, 0.25) is 0 Å². The Hall–Kier alpha value is -2.90. The molecule has 1 atom stereocenters. The van der Waals surface area contributed by atoms with E-state index in [4.69, 9.17) is 9.47 Å². The number of benzene rings is 2. The Bertz CT molecular complexity index is 926. The molecule has 2 aromatic rings. The van der Waals surface area contributed by atoms with Gasteiger partial charge >= 0.3 is 12.1 Å². The average Bonchev–Trinajstić information content (AvgIpc) is 2.65. The molecular weight excluding hydrogens is 385 g/mol. The Balaban J connectivity index is 1.62. The fraction of sp³-hybridized carbons (Fsp3) is 0.381. The number of alkyl halides is 3. The van der Waals surface area contributed by atoms with E-state index in [1.165, 1.54) is 13.2 Å². The third-order valence-corrected chi connectivity index (χ3v) is 5.36. The van der Waals surface area contributed by atoms with Crippen molar-refractivity contribution in [3.8, 4) is 5.75 Å². The van der Waals surface area contributed by atoms with Gasteiger partial charge in [-0.3, -0.25) is 4.79 Å². The Morgan fingerprint density at radius 1 is 1.14 bits per heavy atom. The van der Waals surface area contributed by atoms with Gasteiger partial charge in [0, 0.05) is 24.5 Å². The Morgan fingerprint density at radius 3 is 2.55 bits per heavy atom. The number of hydrogen-bond donors (Lipinski definition) is 0. The molecule has 1 fully saturated rings. The van der Waals surface area contributed by atoms with Gasteiger partial charge in [0.25, 0.3) is 0 Å². The van der Waals surface area contributed by atoms with Crippen LogP contribution in [-0.4, -0.2) is 38.8 Å². The molecule has 0 aromatic heterocycles. The van der Waals surface area contributed by atoms with Gasteiger partial charge in [-0.25, -0.2) is 0 Å². The lowest BCUT2D eigenvalue weighted by Crippen LogP contribution is -2.50. The monoisotopic (exact) mass is 406 g/mol. The molecule has 2 aliphatic heterocycles. The number of carbonyl (C=O) groups excluding carboxylic acids is 1. The molecule has 0 radical (unpaired) electrons. The molecule has 0 bridgehead atoms. The zero-order valence-corrected chi connectivity index (χ0v) is 16.1. The van der Waals surface area contributed by atoms with Crippen molar-refractivity contribution in [1.29, 1.82) is 0 Å². The van der Waals surface area contributed by atoms with Crippen LogP contribution in [0.3, 0.4) is 0 Å². The molecule has 0 spiro atoms. The minimum Gasteiger partial charge on any atom is -0.489 e. The Morgan fingerprint density at radius 2 is 1.86 bits per heavy atom. The third kappa shape index (κ3) is 3.59. The molecule has 1 unspecified atom stereocenters. The molecule has 2 heterocycles. The molecule has 29 heavy (non-hydrogen) atoms. The van der Waals surface area contributed by atoms with Crippen molar-refractivity contribution in [1.82, 2.24) is 0 Å². The highest BCUT2D eigenvalue weighted by Crippen LogP contribution is 2.43. The topological polar surface area (TPSA) is 42.0 Å². The lowest BCUT2D eigenvalue weighted by atomic mass is 9.99. The predicted octanol–water partition coefficient (Wildman–Crippen LogP) is 4.23. The second-order valence-corrected chi connectivity index (χ2v) is 7.36. The molecule has 2 aliphatic rings. The summed E-state index contributed by atoms with van der Waals surface area (Å²) in [5.41, 5.74) is 1.69. The lowest BCUT2D eigenvalue weighted by Gasteiger charge is -2.41. The minimum atomic E-state index is -4.42. The fourth-order valence-corrected chi connectivity index (χ4v) is 3.77. The first-order valence-corrected chi connectivity index (χ1v) is 9.34. The van der Waals surface area contributed by atoms with Gasteiger partial charge in [-0.1, -0.05) is 6.07 Å². The smallest absolute Gasteiger partial charge is 0.416 e. The van der Waals surface area contributed by atoms with Crippen LogP contribution in [0.4, 0.5) is 30.2 Å². The van der Waals surface area contributed by atoms with E-state index in [-0.39, 0.29) is 30.3 Å². The SMILES string of the molecule is COC(=O)C1CN(c2cccc(N3c4ccc(C(F)(F)F)cc4OCC3C)c2)C1. The van der Waals surface area contributed by atoms with E-state index in [9.17, 15) is 18.0 Å². The van der Waals surface area contributed by atoms with Gasteiger partial charge in [0.05, 0.1) is 30.3 Å². The standard InChI is InChI=1S/C21H21F3N2O3/c1-13-12-29-19-8-15(21(22,23)24)6-7-18(19)26(13)17-5-3-4-16(9-17)25-10-14(11-25)20(27)28-2/h3-9,13-14H,10-12H2,1-2H3. The highest BCUT2D eigenvalue weighted by atomic mass is 19.4. The number of nitrogens with zero attached hydrogens (tertiary/aromatic N) is 2. The van der Waals surface area contributed by atoms with E-state index in [1.807, 2.05) is 36.1 Å². The van der Waals surface area contributed by atoms with E-state index in [1.54, 1.807) is 0 Å². The minimum absolute atomic E-state index is 0.0475. The largest absolute Gasteiger partial charge is 0.489 e. The molecule has 4 rings (SSSR count). The zero-order chi connectivity index (χ0) is 20.8. The quantitative estimate of drug-likeness (QED) is 0.714. The van der Waals surface area contributed by atoms with E-state index < -0.39 is 11.7 Å². The first kappa shape index (κ1) is 19.4. The van der Waals surface area contributed by atoms with Crippen molar-refractivity contribution in [2.24, 2.45) is 5.92 Å². The van der Waals surface area contributed by atoms with Crippen molar-refractivity contribution in [2.75, 3.05) is 36.6 Å². The van der Waals surface area contributed by atoms with Crippen LogP contribution in [0.25, 0.3) is 0 Å². The van der Waals surface area contributed by atoms with Gasteiger partial charge in [-0.15, -0.1) is 0 Å². The number of ether oxygens (including phenoxy) is 2. The molecule has 2 aromatic carbocycles. The summed E-state index contributed by atoms with van der Waals surface area (Å²) in [6.45, 7) is 3.41. The second-order valence-electron chi connectivity index (χ2n) is 7.36. The summed E-state index contributed by atoms with van der Waals surface area (Å²) in [7, 11) is 1.38. The Labute approximate surface area is 166 Å². The van der Waals surface area contributed by atoms with Gasteiger partial charge in [-0.05, 0) is 43.3 Å². The number of rotatable bonds is 3. The van der Waals surface area contributed by atoms with Crippen LogP contribution in [0.5, 0.6) is 5.75 Å². The number of anilines is 3. The summed E-state index contributed by atoms with van der Waals surface area (Å²) in [5.74, 6) is -0.126. The highest BCUT2D eigenvalue weighted by Gasteiger charge is 2.35. The zero-order valence-electron chi connectivity index (χ0n) is 16.1. The van der Waals surface area contributed by atoms with Gasteiger partial charge in [0.15, 0.2) is 0 Å². The number of carbonyl (C=O) groups is 1. The molecule has 154 valence electrons. The van der Waals surface area contributed by atoms with Crippen LogP contribution >= 0.6 is 0 Å². The lowest BCUT2D eigenvalue weighted by molar-refractivity contribution is -0.146. The number of esters is 1. The molecule has 0 N–H and O–H groups in total. The molecule has 1 saturated heterocycles. The number of fused-ring (bicyclic) bond motifs is 1. The van der Waals surface area contributed by atoms with Crippen LogP contribution in [0.1, 0.15) is 12.5 Å². The summed E-state index contributed by atoms with van der Waals surface area (Å²) >= 11 is 0. The third-order valence-electron chi connectivity index (χ3n) is 5.36. The van der Waals surface area contributed by atoms with E-state index in [2.05, 4.69) is 4.90 Å². The van der Waals surface area contributed by atoms with Gasteiger partial charge < -0.3 is 19.3 Å². The molecule has 5 nitrogen and oxygen atoms in total. The van der Waals surface area contributed by atoms with Crippen LogP contribution < -0.4 is 14.5 Å². The maximum atomic E-state index is 13.0. The predicted molar refractivity (Wildman–Crippen MR) is 103 cm³/mol. The van der Waals surface area contributed by atoms with Gasteiger partial charge in [0.1, 0.15) is 12.4 Å². The summed E-state index contributed by atoms with van der Waals surface area (Å²) < 4.78 is 49.5. The van der Waals surface area contributed by atoms with Crippen LogP contribution in [0, 0.1) is 5.92 Å². The summed E-state index contributed by atoms with van der Waals surface area (Å²) in [6, 6.07) is 11.3. The van der Waals surface area contributed by atoms with Gasteiger partial charge in [-0.2, -0.15) is 13.2 Å². The second kappa shape index (κ2) is 7.17. The summed E-state index contributed by atoms with van der Waals surface area (Å²) in [5, 5.41) is 0. The van der Waals surface area contributed by atoms with Crippen molar-refractivity contribution in [3.05, 3.63) is 48.0 Å². The molecule has 0 saturated carbocycles. The molecular formula is C21H21F3N2O3. The maximum Gasteiger partial charge on any atom is 0.416 e. The summed E-state index contributed by atoms with van der Waals surface area (Å²) in [4.78, 5) is 15.7. The average molecular weight is 406 g/mol. The van der Waals surface area contributed by atoms with Crippen molar-refractivity contribution < 1.29 is 27.4 Å². The van der Waals surface area contributed by atoms with E-state index in [0.717, 1.165) is 23.5 Å². The highest BCUT2D eigenvalue weighted by molar-refractivity contribution is 5.78. The number of hydrogen-bond acceptors (Lipinski definition) is 5. The van der Waals surface area contributed by atoms with Crippen LogP contribution in [-0.2, 0) is 15.7 Å². The first-order chi connectivity index (χ1) is 13.8.